The molecule has 0 spiro atoms. The zero-order valence-electron chi connectivity index (χ0n) is 29.8. The van der Waals surface area contributed by atoms with Gasteiger partial charge >= 0.3 is 0 Å². The first kappa shape index (κ1) is 30.1. The Morgan fingerprint density at radius 2 is 1.04 bits per heavy atom. The molecule has 0 radical (unpaired) electrons. The van der Waals surface area contributed by atoms with E-state index in [0.29, 0.717) is 11.7 Å². The maximum absolute atomic E-state index is 6.72. The summed E-state index contributed by atoms with van der Waals surface area (Å²) >= 11 is 1.88. The van der Waals surface area contributed by atoms with Gasteiger partial charge in [0, 0.05) is 53.7 Å². The van der Waals surface area contributed by atoms with Gasteiger partial charge in [-0.3, -0.25) is 4.57 Å². The lowest BCUT2D eigenvalue weighted by atomic mass is 9.99. The second-order valence-corrected chi connectivity index (χ2v) is 15.5. The lowest BCUT2D eigenvalue weighted by molar-refractivity contribution is 0.651. The third kappa shape index (κ3) is 3.98. The summed E-state index contributed by atoms with van der Waals surface area (Å²) in [5, 5.41) is 11.9. The zero-order chi connectivity index (χ0) is 36.5. The van der Waals surface area contributed by atoms with Crippen LogP contribution in [0.3, 0.4) is 0 Å². The standard InChI is InChI=1S/C50H28N4OS/c1-2-14-29(15-3-1)46-45-37-28-30(26-27-41(37)55-49(45)52-50(51-46)54-38-22-10-6-16-31(38)32-17-7-11-23-39(32)54)53-40-24-12-8-20-35(40)43-33-18-4-5-19-34(33)44-36-21-9-13-25-42(36)56-48(44)47(43)53/h1-28H. The summed E-state index contributed by atoms with van der Waals surface area (Å²) in [6, 6.07) is 60.4. The Hall–Kier alpha value is -7.28. The van der Waals surface area contributed by atoms with Crippen molar-refractivity contribution in [2.45, 2.75) is 0 Å². The van der Waals surface area contributed by atoms with Crippen molar-refractivity contribution < 1.29 is 4.42 Å². The van der Waals surface area contributed by atoms with Crippen LogP contribution in [0.15, 0.2) is 174 Å². The van der Waals surface area contributed by atoms with Crippen molar-refractivity contribution in [1.82, 2.24) is 19.1 Å². The van der Waals surface area contributed by atoms with Gasteiger partial charge in [-0.1, -0.05) is 127 Å². The molecular weight excluding hydrogens is 705 g/mol. The smallest absolute Gasteiger partial charge is 0.238 e. The molecule has 0 fully saturated rings. The quantitative estimate of drug-likeness (QED) is 0.182. The lowest BCUT2D eigenvalue weighted by Crippen LogP contribution is -2.02. The first-order chi connectivity index (χ1) is 27.8. The minimum atomic E-state index is 0.558. The molecule has 0 aliphatic carbocycles. The van der Waals surface area contributed by atoms with E-state index in [1.807, 2.05) is 17.4 Å². The van der Waals surface area contributed by atoms with Crippen LogP contribution in [0.1, 0.15) is 0 Å². The molecule has 56 heavy (non-hydrogen) atoms. The van der Waals surface area contributed by atoms with Gasteiger partial charge in [0.05, 0.1) is 37.8 Å². The fourth-order valence-electron chi connectivity index (χ4n) is 9.23. The van der Waals surface area contributed by atoms with Crippen molar-refractivity contribution in [2.24, 2.45) is 0 Å². The first-order valence-corrected chi connectivity index (χ1v) is 19.7. The highest BCUT2D eigenvalue weighted by Crippen LogP contribution is 2.48. The molecule has 0 N–H and O–H groups in total. The fourth-order valence-corrected chi connectivity index (χ4v) is 10.5. The summed E-state index contributed by atoms with van der Waals surface area (Å²) < 4.78 is 13.9. The maximum Gasteiger partial charge on any atom is 0.238 e. The summed E-state index contributed by atoms with van der Waals surface area (Å²) in [6.45, 7) is 0. The molecule has 13 aromatic rings. The molecule has 0 atom stereocenters. The predicted octanol–water partition coefficient (Wildman–Crippen LogP) is 13.8. The second kappa shape index (κ2) is 11.1. The van der Waals surface area contributed by atoms with Crippen LogP contribution in [-0.2, 0) is 0 Å². The molecule has 260 valence electrons. The van der Waals surface area contributed by atoms with E-state index in [0.717, 1.165) is 60.6 Å². The lowest BCUT2D eigenvalue weighted by Gasteiger charge is -2.11. The maximum atomic E-state index is 6.72. The van der Waals surface area contributed by atoms with Gasteiger partial charge in [0.1, 0.15) is 5.58 Å². The topological polar surface area (TPSA) is 48.8 Å². The Labute approximate surface area is 322 Å². The molecule has 0 saturated carbocycles. The van der Waals surface area contributed by atoms with Crippen LogP contribution in [0, 0.1) is 0 Å². The number of hydrogen-bond donors (Lipinski definition) is 0. The Bertz CT molecular complexity index is 3720. The van der Waals surface area contributed by atoms with Crippen molar-refractivity contribution in [1.29, 1.82) is 0 Å². The Morgan fingerprint density at radius 3 is 1.77 bits per heavy atom. The van der Waals surface area contributed by atoms with Gasteiger partial charge in [-0.25, -0.2) is 4.98 Å². The second-order valence-electron chi connectivity index (χ2n) is 14.5. The Kier molecular flexibility index (Phi) is 5.98. The number of thiophene rings is 1. The summed E-state index contributed by atoms with van der Waals surface area (Å²) in [4.78, 5) is 10.6. The molecule has 5 nitrogen and oxygen atoms in total. The SMILES string of the molecule is c1ccc(-c2nc(-n3c4ccccc4c4ccccc43)nc3oc4ccc(-n5c6ccccc6c6c7ccccc7c7c8ccccc8sc7c65)cc4c23)cc1. The number of benzene rings is 8. The van der Waals surface area contributed by atoms with Crippen molar-refractivity contribution in [3.8, 4) is 22.9 Å². The van der Waals surface area contributed by atoms with E-state index in [9.17, 15) is 0 Å². The monoisotopic (exact) mass is 732 g/mol. The summed E-state index contributed by atoms with van der Waals surface area (Å²) in [6.07, 6.45) is 0. The fraction of sp³-hybridized carbons (Fsp3) is 0. The Balaban J connectivity index is 1.15. The number of rotatable bonds is 3. The van der Waals surface area contributed by atoms with Gasteiger partial charge in [-0.05, 0) is 53.2 Å². The highest BCUT2D eigenvalue weighted by molar-refractivity contribution is 7.27. The van der Waals surface area contributed by atoms with Crippen molar-refractivity contribution >= 4 is 108 Å². The number of aromatic nitrogens is 4. The van der Waals surface area contributed by atoms with Gasteiger partial charge in [0.2, 0.25) is 11.7 Å². The molecule has 0 aliphatic rings. The first-order valence-electron chi connectivity index (χ1n) is 18.8. The van der Waals surface area contributed by atoms with Crippen LogP contribution in [-0.4, -0.2) is 19.1 Å². The van der Waals surface area contributed by atoms with Gasteiger partial charge in [0.15, 0.2) is 0 Å². The molecule has 0 bridgehead atoms. The third-order valence-corrected chi connectivity index (χ3v) is 12.7. The highest BCUT2D eigenvalue weighted by atomic mass is 32.1. The molecule has 0 unspecified atom stereocenters. The number of furan rings is 1. The van der Waals surface area contributed by atoms with Gasteiger partial charge in [-0.2, -0.15) is 4.98 Å². The normalized spacial score (nSPS) is 12.3. The molecule has 0 amide bonds. The number of fused-ring (bicyclic) bond motifs is 16. The van der Waals surface area contributed by atoms with E-state index in [2.05, 4.69) is 173 Å². The molecule has 6 heteroatoms. The number of hydrogen-bond acceptors (Lipinski definition) is 4. The Morgan fingerprint density at radius 1 is 0.446 bits per heavy atom. The summed E-state index contributed by atoms with van der Waals surface area (Å²) in [7, 11) is 0. The van der Waals surface area contributed by atoms with E-state index in [1.165, 1.54) is 47.2 Å². The largest absolute Gasteiger partial charge is 0.437 e. The molecule has 0 saturated heterocycles. The molecule has 0 aliphatic heterocycles. The van der Waals surface area contributed by atoms with E-state index >= 15 is 0 Å². The zero-order valence-corrected chi connectivity index (χ0v) is 30.6. The van der Waals surface area contributed by atoms with Crippen LogP contribution in [0.2, 0.25) is 0 Å². The van der Waals surface area contributed by atoms with Crippen molar-refractivity contribution in [3.05, 3.63) is 170 Å². The minimum Gasteiger partial charge on any atom is -0.437 e. The van der Waals surface area contributed by atoms with E-state index in [1.54, 1.807) is 0 Å². The molecule has 5 heterocycles. The summed E-state index contributed by atoms with van der Waals surface area (Å²) in [5.41, 5.74) is 8.73. The van der Waals surface area contributed by atoms with Gasteiger partial charge < -0.3 is 8.98 Å². The van der Waals surface area contributed by atoms with Crippen molar-refractivity contribution in [3.63, 3.8) is 0 Å². The van der Waals surface area contributed by atoms with Crippen LogP contribution < -0.4 is 0 Å². The minimum absolute atomic E-state index is 0.558. The molecular formula is C50H28N4OS. The molecule has 5 aromatic heterocycles. The van der Waals surface area contributed by atoms with E-state index in [-0.39, 0.29) is 0 Å². The van der Waals surface area contributed by atoms with Crippen LogP contribution >= 0.6 is 11.3 Å². The third-order valence-electron chi connectivity index (χ3n) is 11.5. The van der Waals surface area contributed by atoms with Gasteiger partial charge in [0.25, 0.3) is 0 Å². The van der Waals surface area contributed by atoms with Gasteiger partial charge in [-0.15, -0.1) is 11.3 Å². The van der Waals surface area contributed by atoms with Crippen LogP contribution in [0.5, 0.6) is 0 Å². The summed E-state index contributed by atoms with van der Waals surface area (Å²) in [5.74, 6) is 0.578. The van der Waals surface area contributed by atoms with Crippen LogP contribution in [0.25, 0.3) is 120 Å². The van der Waals surface area contributed by atoms with Crippen LogP contribution in [0.4, 0.5) is 0 Å². The predicted molar refractivity (Wildman–Crippen MR) is 234 cm³/mol. The van der Waals surface area contributed by atoms with E-state index in [4.69, 9.17) is 14.4 Å². The van der Waals surface area contributed by atoms with E-state index < -0.39 is 0 Å². The average molecular weight is 733 g/mol. The number of nitrogens with zero attached hydrogens (tertiary/aromatic N) is 4. The number of para-hydroxylation sites is 3. The highest BCUT2D eigenvalue weighted by Gasteiger charge is 2.24. The molecule has 8 aromatic carbocycles. The molecule has 13 rings (SSSR count). The van der Waals surface area contributed by atoms with Crippen molar-refractivity contribution in [2.75, 3.05) is 0 Å². The average Bonchev–Trinajstić information content (AvgIpc) is 4.01.